The van der Waals surface area contributed by atoms with Crippen molar-refractivity contribution < 1.29 is 0 Å². The maximum atomic E-state index is 5.71. The summed E-state index contributed by atoms with van der Waals surface area (Å²) in [7, 11) is 0. The molecule has 0 radical (unpaired) electrons. The summed E-state index contributed by atoms with van der Waals surface area (Å²) in [5, 5.41) is 1.64. The Kier molecular flexibility index (Phi) is 5.66. The lowest BCUT2D eigenvalue weighted by atomic mass is 10.3. The Morgan fingerprint density at radius 1 is 0.947 bits per heavy atom. The number of pyridine rings is 2. The standard InChI is InChI=1S/C6H6Cl2N2.C6H7ClN2/c1-3-4(7)2-10-6(9)5(3)8;1-4-2-6(8)9-3-5(4)7/h2H,1H3,(H2,9,10);2-3H,1H3,(H2,8,9). The van der Waals surface area contributed by atoms with Gasteiger partial charge in [0.25, 0.3) is 0 Å². The number of aromatic nitrogens is 2. The molecule has 19 heavy (non-hydrogen) atoms. The van der Waals surface area contributed by atoms with Gasteiger partial charge in [-0.2, -0.15) is 0 Å². The Balaban J connectivity index is 0.000000191. The molecule has 0 aliphatic heterocycles. The number of hydrogen-bond acceptors (Lipinski definition) is 4. The molecule has 0 aromatic carbocycles. The maximum absolute atomic E-state index is 5.71. The van der Waals surface area contributed by atoms with Crippen LogP contribution >= 0.6 is 34.8 Å². The molecule has 4 nitrogen and oxygen atoms in total. The summed E-state index contributed by atoms with van der Waals surface area (Å²) in [6.07, 6.45) is 3.03. The number of nitrogen functional groups attached to an aromatic ring is 2. The van der Waals surface area contributed by atoms with Crippen molar-refractivity contribution in [3.8, 4) is 0 Å². The molecule has 4 N–H and O–H groups in total. The van der Waals surface area contributed by atoms with E-state index in [9.17, 15) is 0 Å². The predicted molar refractivity (Wildman–Crippen MR) is 81.8 cm³/mol. The number of nitrogens with two attached hydrogens (primary N) is 2. The van der Waals surface area contributed by atoms with Crippen LogP contribution in [0.4, 0.5) is 11.6 Å². The van der Waals surface area contributed by atoms with E-state index in [-0.39, 0.29) is 0 Å². The van der Waals surface area contributed by atoms with Crippen molar-refractivity contribution in [2.45, 2.75) is 13.8 Å². The monoisotopic (exact) mass is 318 g/mol. The van der Waals surface area contributed by atoms with E-state index >= 15 is 0 Å². The summed E-state index contributed by atoms with van der Waals surface area (Å²) < 4.78 is 0. The van der Waals surface area contributed by atoms with Gasteiger partial charge in [-0.25, -0.2) is 9.97 Å². The molecule has 2 aromatic heterocycles. The second-order valence-corrected chi connectivity index (χ2v) is 4.98. The highest BCUT2D eigenvalue weighted by atomic mass is 35.5. The summed E-state index contributed by atoms with van der Waals surface area (Å²) in [5.74, 6) is 0.834. The largest absolute Gasteiger partial charge is 0.384 e. The van der Waals surface area contributed by atoms with E-state index in [1.165, 1.54) is 6.20 Å². The van der Waals surface area contributed by atoms with Gasteiger partial charge in [0, 0.05) is 12.4 Å². The molecule has 0 aliphatic rings. The lowest BCUT2D eigenvalue weighted by molar-refractivity contribution is 1.29. The number of aryl methyl sites for hydroxylation is 1. The fourth-order valence-corrected chi connectivity index (χ4v) is 1.58. The number of hydrogen-bond donors (Lipinski definition) is 2. The Labute approximate surface area is 126 Å². The zero-order valence-electron chi connectivity index (χ0n) is 10.4. The van der Waals surface area contributed by atoms with Crippen LogP contribution in [0, 0.1) is 13.8 Å². The lowest BCUT2D eigenvalue weighted by Crippen LogP contribution is -1.92. The summed E-state index contributed by atoms with van der Waals surface area (Å²) in [5.41, 5.74) is 12.5. The number of anilines is 2. The van der Waals surface area contributed by atoms with Crippen LogP contribution < -0.4 is 11.5 Å². The molecule has 0 saturated heterocycles. The first kappa shape index (κ1) is 15.8. The van der Waals surface area contributed by atoms with Crippen LogP contribution in [0.3, 0.4) is 0 Å². The molecule has 102 valence electrons. The smallest absolute Gasteiger partial charge is 0.142 e. The second-order valence-electron chi connectivity index (χ2n) is 3.79. The fourth-order valence-electron chi connectivity index (χ4n) is 1.14. The van der Waals surface area contributed by atoms with Gasteiger partial charge in [-0.1, -0.05) is 34.8 Å². The quantitative estimate of drug-likeness (QED) is 0.772. The van der Waals surface area contributed by atoms with E-state index < -0.39 is 0 Å². The molecule has 2 rings (SSSR count). The summed E-state index contributed by atoms with van der Waals surface area (Å²) in [6, 6.07) is 1.74. The fraction of sp³-hybridized carbons (Fsp3) is 0.167. The zero-order valence-corrected chi connectivity index (χ0v) is 12.7. The third kappa shape index (κ3) is 4.42. The van der Waals surface area contributed by atoms with Gasteiger partial charge in [0.1, 0.15) is 11.6 Å². The second kappa shape index (κ2) is 6.80. The molecule has 0 spiro atoms. The molecule has 0 fully saturated rings. The van der Waals surface area contributed by atoms with E-state index in [2.05, 4.69) is 9.97 Å². The Bertz CT molecular complexity index is 560. The molecule has 2 heterocycles. The van der Waals surface area contributed by atoms with Gasteiger partial charge in [-0.3, -0.25) is 0 Å². The highest BCUT2D eigenvalue weighted by Crippen LogP contribution is 2.26. The van der Waals surface area contributed by atoms with Crippen molar-refractivity contribution in [1.29, 1.82) is 0 Å². The van der Waals surface area contributed by atoms with Gasteiger partial charge < -0.3 is 11.5 Å². The third-order valence-electron chi connectivity index (χ3n) is 2.30. The number of rotatable bonds is 0. The van der Waals surface area contributed by atoms with Gasteiger partial charge in [-0.15, -0.1) is 0 Å². The third-order valence-corrected chi connectivity index (χ3v) is 3.55. The van der Waals surface area contributed by atoms with E-state index in [1.807, 2.05) is 6.92 Å². The molecule has 0 bridgehead atoms. The van der Waals surface area contributed by atoms with Gasteiger partial charge >= 0.3 is 0 Å². The molecular weight excluding hydrogens is 307 g/mol. The van der Waals surface area contributed by atoms with Crippen molar-refractivity contribution in [3.63, 3.8) is 0 Å². The minimum absolute atomic E-state index is 0.323. The van der Waals surface area contributed by atoms with Gasteiger partial charge in [-0.05, 0) is 31.0 Å². The summed E-state index contributed by atoms with van der Waals surface area (Å²) in [4.78, 5) is 7.54. The molecule has 2 aromatic rings. The van der Waals surface area contributed by atoms with Crippen LogP contribution in [0.5, 0.6) is 0 Å². The van der Waals surface area contributed by atoms with E-state index in [0.29, 0.717) is 26.7 Å². The Morgan fingerprint density at radius 3 is 2.00 bits per heavy atom. The first-order valence-corrected chi connectivity index (χ1v) is 6.40. The normalized spacial score (nSPS) is 9.74. The average molecular weight is 320 g/mol. The number of halogens is 3. The van der Waals surface area contributed by atoms with E-state index in [1.54, 1.807) is 19.2 Å². The van der Waals surface area contributed by atoms with Crippen molar-refractivity contribution in [2.24, 2.45) is 0 Å². The first-order valence-electron chi connectivity index (χ1n) is 5.26. The van der Waals surface area contributed by atoms with Crippen LogP contribution in [-0.2, 0) is 0 Å². The van der Waals surface area contributed by atoms with Crippen molar-refractivity contribution in [3.05, 3.63) is 44.7 Å². The molecule has 7 heteroatoms. The van der Waals surface area contributed by atoms with Crippen molar-refractivity contribution in [2.75, 3.05) is 11.5 Å². The van der Waals surface area contributed by atoms with Crippen LogP contribution in [0.15, 0.2) is 18.5 Å². The SMILES string of the molecule is Cc1c(Cl)cnc(N)c1Cl.Cc1cc(N)ncc1Cl. The Hall–Kier alpha value is -1.23. The van der Waals surface area contributed by atoms with Crippen LogP contribution in [0.25, 0.3) is 0 Å². The minimum atomic E-state index is 0.323. The topological polar surface area (TPSA) is 77.8 Å². The molecule has 0 atom stereocenters. The van der Waals surface area contributed by atoms with E-state index in [0.717, 1.165) is 11.1 Å². The van der Waals surface area contributed by atoms with Crippen LogP contribution in [0.1, 0.15) is 11.1 Å². The van der Waals surface area contributed by atoms with Crippen molar-refractivity contribution >= 4 is 46.4 Å². The molecule has 0 saturated carbocycles. The van der Waals surface area contributed by atoms with E-state index in [4.69, 9.17) is 46.3 Å². The number of nitrogens with zero attached hydrogens (tertiary/aromatic N) is 2. The van der Waals surface area contributed by atoms with Gasteiger partial charge in [0.15, 0.2) is 0 Å². The van der Waals surface area contributed by atoms with Crippen molar-refractivity contribution in [1.82, 2.24) is 9.97 Å². The highest BCUT2D eigenvalue weighted by molar-refractivity contribution is 6.37. The Morgan fingerprint density at radius 2 is 1.53 bits per heavy atom. The highest BCUT2D eigenvalue weighted by Gasteiger charge is 2.03. The lowest BCUT2D eigenvalue weighted by Gasteiger charge is -2.01. The average Bonchev–Trinajstić information content (AvgIpc) is 2.37. The first-order chi connectivity index (χ1) is 8.82. The predicted octanol–water partition coefficient (Wildman–Crippen LogP) is 3.90. The molecular formula is C12H13Cl3N4. The zero-order chi connectivity index (χ0) is 14.6. The van der Waals surface area contributed by atoms with Crippen LogP contribution in [-0.4, -0.2) is 9.97 Å². The van der Waals surface area contributed by atoms with Gasteiger partial charge in [0.05, 0.1) is 15.1 Å². The maximum Gasteiger partial charge on any atom is 0.142 e. The summed E-state index contributed by atoms with van der Waals surface area (Å²) >= 11 is 17.1. The summed E-state index contributed by atoms with van der Waals surface area (Å²) in [6.45, 7) is 3.68. The molecule has 0 aliphatic carbocycles. The van der Waals surface area contributed by atoms with Gasteiger partial charge in [0.2, 0.25) is 0 Å². The minimum Gasteiger partial charge on any atom is -0.384 e. The van der Waals surface area contributed by atoms with Crippen LogP contribution in [0.2, 0.25) is 15.1 Å². The molecule has 0 amide bonds. The molecule has 0 unspecified atom stereocenters.